The van der Waals surface area contributed by atoms with Crippen molar-refractivity contribution in [3.63, 3.8) is 0 Å². The number of anilines is 1. The first-order valence-electron chi connectivity index (χ1n) is 10.0. The highest BCUT2D eigenvalue weighted by Crippen LogP contribution is 2.28. The predicted octanol–water partition coefficient (Wildman–Crippen LogP) is 3.17. The Morgan fingerprint density at radius 1 is 1.25 bits per heavy atom. The number of aromatic amines is 1. The van der Waals surface area contributed by atoms with Gasteiger partial charge in [0.2, 0.25) is 0 Å². The highest BCUT2D eigenvalue weighted by molar-refractivity contribution is 5.82. The van der Waals surface area contributed by atoms with E-state index in [2.05, 4.69) is 58.0 Å². The number of rotatable bonds is 5. The molecule has 148 valence electrons. The second-order valence-electron chi connectivity index (χ2n) is 8.09. The molecule has 4 rings (SSSR count). The van der Waals surface area contributed by atoms with Crippen molar-refractivity contribution in [2.24, 2.45) is 0 Å². The Hall–Kier alpha value is -2.44. The van der Waals surface area contributed by atoms with Gasteiger partial charge in [0.15, 0.2) is 0 Å². The number of benzene rings is 1. The van der Waals surface area contributed by atoms with Gasteiger partial charge in [0.05, 0.1) is 18.2 Å². The molecule has 1 unspecified atom stereocenters. The maximum atomic E-state index is 10.2. The van der Waals surface area contributed by atoms with Gasteiger partial charge >= 0.3 is 0 Å². The normalized spacial score (nSPS) is 17.6. The van der Waals surface area contributed by atoms with Gasteiger partial charge in [-0.2, -0.15) is 0 Å². The summed E-state index contributed by atoms with van der Waals surface area (Å²) in [6, 6.07) is 8.65. The van der Waals surface area contributed by atoms with Crippen LogP contribution in [0.3, 0.4) is 0 Å². The summed E-state index contributed by atoms with van der Waals surface area (Å²) in [4.78, 5) is 17.2. The minimum absolute atomic E-state index is 0.277. The Balaban J connectivity index is 1.66. The molecule has 28 heavy (non-hydrogen) atoms. The van der Waals surface area contributed by atoms with E-state index in [0.717, 1.165) is 55.3 Å². The Bertz CT molecular complexity index is 967. The lowest BCUT2D eigenvalue weighted by Gasteiger charge is -2.33. The van der Waals surface area contributed by atoms with Crippen LogP contribution in [0.15, 0.2) is 30.5 Å². The molecule has 0 bridgehead atoms. The largest absolute Gasteiger partial charge is 0.391 e. The Kier molecular flexibility index (Phi) is 5.33. The molecule has 0 spiro atoms. The number of nitrogens with one attached hydrogen (secondary N) is 1. The average Bonchev–Trinajstić information content (AvgIpc) is 3.05. The molecule has 3 aromatic rings. The van der Waals surface area contributed by atoms with Gasteiger partial charge in [0.25, 0.3) is 0 Å². The number of β-amino-alcohol motifs (C(OH)–C–C–N with tert-alkyl or cyclic N) is 1. The quantitative estimate of drug-likeness (QED) is 0.713. The zero-order valence-electron chi connectivity index (χ0n) is 16.9. The van der Waals surface area contributed by atoms with Crippen LogP contribution < -0.4 is 4.90 Å². The van der Waals surface area contributed by atoms with Crippen molar-refractivity contribution in [2.75, 3.05) is 25.0 Å². The Morgan fingerprint density at radius 3 is 2.86 bits per heavy atom. The minimum atomic E-state index is -0.277. The molecular formula is C22H29N5O. The monoisotopic (exact) mass is 379 g/mol. The minimum Gasteiger partial charge on any atom is -0.391 e. The van der Waals surface area contributed by atoms with Crippen molar-refractivity contribution in [2.45, 2.75) is 45.9 Å². The first-order valence-corrected chi connectivity index (χ1v) is 10.0. The van der Waals surface area contributed by atoms with E-state index in [-0.39, 0.29) is 6.10 Å². The molecular weight excluding hydrogens is 350 g/mol. The van der Waals surface area contributed by atoms with Crippen molar-refractivity contribution >= 4 is 16.7 Å². The number of aromatic nitrogens is 3. The Labute approximate surface area is 166 Å². The zero-order chi connectivity index (χ0) is 19.7. The fourth-order valence-electron chi connectivity index (χ4n) is 4.02. The van der Waals surface area contributed by atoms with Crippen LogP contribution in [0.5, 0.6) is 0 Å². The van der Waals surface area contributed by atoms with Gasteiger partial charge in [-0.1, -0.05) is 11.6 Å². The van der Waals surface area contributed by atoms with Crippen LogP contribution >= 0.6 is 0 Å². The number of nitrogens with zero attached hydrogens (tertiary/aromatic N) is 4. The summed E-state index contributed by atoms with van der Waals surface area (Å²) in [5.41, 5.74) is 4.52. The van der Waals surface area contributed by atoms with Gasteiger partial charge in [-0.3, -0.25) is 4.90 Å². The van der Waals surface area contributed by atoms with Gasteiger partial charge in [-0.15, -0.1) is 0 Å². The maximum Gasteiger partial charge on any atom is 0.133 e. The maximum absolute atomic E-state index is 10.2. The van der Waals surface area contributed by atoms with Crippen molar-refractivity contribution in [3.05, 3.63) is 53.1 Å². The smallest absolute Gasteiger partial charge is 0.133 e. The van der Waals surface area contributed by atoms with Crippen LogP contribution in [0.2, 0.25) is 0 Å². The van der Waals surface area contributed by atoms with E-state index in [4.69, 9.17) is 4.98 Å². The number of pyridine rings is 1. The molecule has 3 heterocycles. The van der Waals surface area contributed by atoms with Crippen molar-refractivity contribution in [3.8, 4) is 0 Å². The summed E-state index contributed by atoms with van der Waals surface area (Å²) in [5, 5.41) is 11.3. The van der Waals surface area contributed by atoms with Gasteiger partial charge in [0.1, 0.15) is 11.6 Å². The second kappa shape index (κ2) is 7.89. The molecule has 1 aliphatic heterocycles. The summed E-state index contributed by atoms with van der Waals surface area (Å²) in [6.07, 6.45) is 3.46. The Morgan fingerprint density at radius 2 is 2.11 bits per heavy atom. The third-order valence-corrected chi connectivity index (χ3v) is 5.34. The number of aliphatic hydroxyl groups excluding tert-OH is 1. The van der Waals surface area contributed by atoms with Gasteiger partial charge in [-0.25, -0.2) is 9.97 Å². The van der Waals surface area contributed by atoms with E-state index >= 15 is 0 Å². The van der Waals surface area contributed by atoms with E-state index in [1.807, 2.05) is 13.1 Å². The lowest BCUT2D eigenvalue weighted by atomic mass is 10.1. The number of hydrogen-bond donors (Lipinski definition) is 2. The molecule has 1 fully saturated rings. The highest BCUT2D eigenvalue weighted by atomic mass is 16.3. The van der Waals surface area contributed by atoms with Crippen LogP contribution in [-0.4, -0.2) is 51.2 Å². The van der Waals surface area contributed by atoms with Crippen LogP contribution in [0.1, 0.15) is 35.5 Å². The fourth-order valence-corrected chi connectivity index (χ4v) is 4.02. The SMILES string of the molecule is Cc1ccc2nc(N3CCCC(O)C3)c(CN(C)Cc3ncc(C)[nH]3)cc2c1. The number of fused-ring (bicyclic) bond motifs is 1. The molecule has 2 aromatic heterocycles. The van der Waals surface area contributed by atoms with Crippen molar-refractivity contribution in [1.82, 2.24) is 19.9 Å². The number of aliphatic hydroxyl groups is 1. The predicted molar refractivity (Wildman–Crippen MR) is 112 cm³/mol. The van der Waals surface area contributed by atoms with Gasteiger partial charge < -0.3 is 15.0 Å². The summed E-state index contributed by atoms with van der Waals surface area (Å²) in [7, 11) is 2.10. The number of hydrogen-bond acceptors (Lipinski definition) is 5. The third kappa shape index (κ3) is 4.18. The van der Waals surface area contributed by atoms with Crippen molar-refractivity contribution < 1.29 is 5.11 Å². The summed E-state index contributed by atoms with van der Waals surface area (Å²) in [5.74, 6) is 1.97. The highest BCUT2D eigenvalue weighted by Gasteiger charge is 2.22. The number of H-pyrrole nitrogens is 1. The van der Waals surface area contributed by atoms with E-state index < -0.39 is 0 Å². The molecule has 1 atom stereocenters. The molecule has 2 N–H and O–H groups in total. The lowest BCUT2D eigenvalue weighted by molar-refractivity contribution is 0.153. The molecule has 1 saturated heterocycles. The zero-order valence-corrected chi connectivity index (χ0v) is 16.9. The number of piperidine rings is 1. The van der Waals surface area contributed by atoms with E-state index in [0.29, 0.717) is 6.54 Å². The molecule has 1 aromatic carbocycles. The summed E-state index contributed by atoms with van der Waals surface area (Å²) >= 11 is 0. The average molecular weight is 380 g/mol. The van der Waals surface area contributed by atoms with Gasteiger partial charge in [0, 0.05) is 42.5 Å². The van der Waals surface area contributed by atoms with Crippen molar-refractivity contribution in [1.29, 1.82) is 0 Å². The van der Waals surface area contributed by atoms with E-state index in [1.165, 1.54) is 16.5 Å². The second-order valence-corrected chi connectivity index (χ2v) is 8.09. The number of imidazole rings is 1. The molecule has 0 radical (unpaired) electrons. The number of aryl methyl sites for hydroxylation is 2. The summed E-state index contributed by atoms with van der Waals surface area (Å²) < 4.78 is 0. The van der Waals surface area contributed by atoms with Crippen LogP contribution in [-0.2, 0) is 13.1 Å². The van der Waals surface area contributed by atoms with E-state index in [9.17, 15) is 5.11 Å². The van der Waals surface area contributed by atoms with Crippen LogP contribution in [0.4, 0.5) is 5.82 Å². The topological polar surface area (TPSA) is 68.3 Å². The van der Waals surface area contributed by atoms with Crippen LogP contribution in [0.25, 0.3) is 10.9 Å². The first kappa shape index (κ1) is 18.9. The molecule has 6 nitrogen and oxygen atoms in total. The molecule has 1 aliphatic rings. The summed E-state index contributed by atoms with van der Waals surface area (Å²) in [6.45, 7) is 7.25. The standard InChI is InChI=1S/C22H29N5O/c1-15-6-7-20-17(9-15)10-18(12-26(3)14-21-23-11-16(2)24-21)22(25-20)27-8-4-5-19(28)13-27/h6-7,9-11,19,28H,4-5,8,12-14H2,1-3H3,(H,23,24). The molecule has 0 aliphatic carbocycles. The first-order chi connectivity index (χ1) is 13.5. The van der Waals surface area contributed by atoms with Gasteiger partial charge in [-0.05, 0) is 51.9 Å². The lowest BCUT2D eigenvalue weighted by Crippen LogP contribution is -2.39. The van der Waals surface area contributed by atoms with Crippen LogP contribution in [0, 0.1) is 13.8 Å². The fraction of sp³-hybridized carbons (Fsp3) is 0.455. The molecule has 0 saturated carbocycles. The molecule has 6 heteroatoms. The third-order valence-electron chi connectivity index (χ3n) is 5.34. The molecule has 0 amide bonds. The van der Waals surface area contributed by atoms with E-state index in [1.54, 1.807) is 0 Å².